The van der Waals surface area contributed by atoms with Gasteiger partial charge in [-0.2, -0.15) is 0 Å². The number of halogens is 1. The van der Waals surface area contributed by atoms with Crippen molar-refractivity contribution in [3.8, 4) is 16.9 Å². The van der Waals surface area contributed by atoms with E-state index >= 15 is 0 Å². The van der Waals surface area contributed by atoms with Crippen molar-refractivity contribution in [3.63, 3.8) is 0 Å². The van der Waals surface area contributed by atoms with E-state index in [2.05, 4.69) is 27.4 Å². The van der Waals surface area contributed by atoms with E-state index in [0.29, 0.717) is 5.75 Å². The molecule has 0 saturated heterocycles. The zero-order chi connectivity index (χ0) is 20.7. The molecule has 0 saturated carbocycles. The van der Waals surface area contributed by atoms with E-state index in [-0.39, 0.29) is 0 Å². The Balaban J connectivity index is 1.69. The number of unbranched alkanes of at least 4 members (excludes halogenated alkanes) is 1. The van der Waals surface area contributed by atoms with E-state index in [0.717, 1.165) is 80.1 Å². The van der Waals surface area contributed by atoms with Crippen LogP contribution in [0.5, 0.6) is 5.75 Å². The monoisotopic (exact) mass is 417 g/mol. The van der Waals surface area contributed by atoms with Gasteiger partial charge in [0.1, 0.15) is 5.75 Å². The van der Waals surface area contributed by atoms with Crippen molar-refractivity contribution in [2.75, 3.05) is 13.6 Å². The molecule has 0 radical (unpaired) electrons. The second-order valence-corrected chi connectivity index (χ2v) is 8.23. The highest BCUT2D eigenvalue weighted by atomic mass is 35.5. The summed E-state index contributed by atoms with van der Waals surface area (Å²) in [6.07, 6.45) is 7.03. The summed E-state index contributed by atoms with van der Waals surface area (Å²) in [5.41, 5.74) is 5.18. The number of phenols is 1. The number of fused-ring (bicyclic) bond motifs is 5. The Morgan fingerprint density at radius 3 is 2.60 bits per heavy atom. The first-order valence-corrected chi connectivity index (χ1v) is 10.7. The summed E-state index contributed by atoms with van der Waals surface area (Å²) in [4.78, 5) is 6.83. The third kappa shape index (κ3) is 3.13. The van der Waals surface area contributed by atoms with Gasteiger partial charge >= 0.3 is 0 Å². The number of benzene rings is 3. The number of aromatic hydroxyl groups is 1. The molecule has 0 aliphatic rings. The average molecular weight is 418 g/mol. The maximum absolute atomic E-state index is 10.7. The molecule has 0 fully saturated rings. The van der Waals surface area contributed by atoms with Crippen LogP contribution in [0.4, 0.5) is 0 Å². The van der Waals surface area contributed by atoms with Gasteiger partial charge in [-0.25, -0.2) is 0 Å². The Morgan fingerprint density at radius 2 is 1.77 bits per heavy atom. The standard InChI is InChI=1S/C25H24ClN3O/c1-27-9-5-4-6-15-10-22-18(12-24(15)30)25-20-14-28-13-19(20)17(11-23(25)29-22)16-7-2-3-8-21(16)26/h2-3,7-8,10-14,27-30H,4-6,9H2,1H3. The Bertz CT molecular complexity index is 1370. The predicted octanol–water partition coefficient (Wildman–Crippen LogP) is 6.37. The van der Waals surface area contributed by atoms with Crippen LogP contribution in [0, 0.1) is 0 Å². The Kier molecular flexibility index (Phi) is 4.89. The van der Waals surface area contributed by atoms with Crippen LogP contribution in [0.15, 0.2) is 54.9 Å². The molecule has 4 nitrogen and oxygen atoms in total. The van der Waals surface area contributed by atoms with E-state index in [1.54, 1.807) is 0 Å². The molecule has 2 heterocycles. The van der Waals surface area contributed by atoms with Crippen LogP contribution in [-0.4, -0.2) is 28.7 Å². The fourth-order valence-corrected chi connectivity index (χ4v) is 4.67. The number of H-pyrrole nitrogens is 2. The van der Waals surface area contributed by atoms with Gasteiger partial charge in [0.15, 0.2) is 0 Å². The van der Waals surface area contributed by atoms with Gasteiger partial charge in [0.25, 0.3) is 0 Å². The first kappa shape index (κ1) is 19.0. The summed E-state index contributed by atoms with van der Waals surface area (Å²) in [5.74, 6) is 0.367. The summed E-state index contributed by atoms with van der Waals surface area (Å²) in [5, 5.41) is 19.0. The number of hydrogen-bond acceptors (Lipinski definition) is 2. The minimum Gasteiger partial charge on any atom is -0.508 e. The van der Waals surface area contributed by atoms with Crippen LogP contribution in [0.25, 0.3) is 43.7 Å². The van der Waals surface area contributed by atoms with Gasteiger partial charge in [-0.05, 0) is 68.2 Å². The van der Waals surface area contributed by atoms with Crippen molar-refractivity contribution in [2.45, 2.75) is 19.3 Å². The molecular weight excluding hydrogens is 394 g/mol. The molecule has 0 spiro atoms. The van der Waals surface area contributed by atoms with Crippen molar-refractivity contribution in [1.82, 2.24) is 15.3 Å². The Morgan fingerprint density at radius 1 is 0.933 bits per heavy atom. The fourth-order valence-electron chi connectivity index (χ4n) is 4.43. The lowest BCUT2D eigenvalue weighted by Gasteiger charge is -2.08. The molecule has 2 aromatic heterocycles. The lowest BCUT2D eigenvalue weighted by atomic mass is 9.97. The van der Waals surface area contributed by atoms with Gasteiger partial charge in [-0.3, -0.25) is 0 Å². The third-order valence-corrected chi connectivity index (χ3v) is 6.24. The largest absolute Gasteiger partial charge is 0.508 e. The topological polar surface area (TPSA) is 63.8 Å². The molecule has 0 unspecified atom stereocenters. The normalized spacial score (nSPS) is 11.8. The van der Waals surface area contributed by atoms with Gasteiger partial charge in [0.05, 0.1) is 0 Å². The van der Waals surface area contributed by atoms with Crippen LogP contribution in [0.1, 0.15) is 18.4 Å². The van der Waals surface area contributed by atoms with Crippen LogP contribution in [0.2, 0.25) is 5.02 Å². The molecular formula is C25H24ClN3O. The minimum absolute atomic E-state index is 0.367. The molecule has 4 N–H and O–H groups in total. The van der Waals surface area contributed by atoms with Gasteiger partial charge in [-0.1, -0.05) is 29.8 Å². The molecule has 152 valence electrons. The maximum Gasteiger partial charge on any atom is 0.119 e. The first-order chi connectivity index (χ1) is 14.7. The summed E-state index contributed by atoms with van der Waals surface area (Å²) in [6.45, 7) is 0.992. The molecule has 3 aromatic carbocycles. The number of aromatic amines is 2. The van der Waals surface area contributed by atoms with E-state index < -0.39 is 0 Å². The highest BCUT2D eigenvalue weighted by molar-refractivity contribution is 6.34. The van der Waals surface area contributed by atoms with E-state index in [4.69, 9.17) is 11.6 Å². The molecule has 0 aliphatic heterocycles. The Hall–Kier alpha value is -2.95. The molecule has 0 atom stereocenters. The molecule has 5 heteroatoms. The third-order valence-electron chi connectivity index (χ3n) is 5.91. The van der Waals surface area contributed by atoms with E-state index in [9.17, 15) is 5.11 Å². The van der Waals surface area contributed by atoms with Crippen LogP contribution in [-0.2, 0) is 6.42 Å². The van der Waals surface area contributed by atoms with Gasteiger partial charge in [0.2, 0.25) is 0 Å². The summed E-state index contributed by atoms with van der Waals surface area (Å²) in [7, 11) is 1.96. The quantitative estimate of drug-likeness (QED) is 0.242. The van der Waals surface area contributed by atoms with Crippen molar-refractivity contribution < 1.29 is 5.11 Å². The average Bonchev–Trinajstić information content (AvgIpc) is 3.35. The highest BCUT2D eigenvalue weighted by Gasteiger charge is 2.16. The predicted molar refractivity (Wildman–Crippen MR) is 127 cm³/mol. The van der Waals surface area contributed by atoms with Crippen molar-refractivity contribution in [3.05, 3.63) is 65.4 Å². The second kappa shape index (κ2) is 7.71. The zero-order valence-corrected chi connectivity index (χ0v) is 17.6. The van der Waals surface area contributed by atoms with E-state index in [1.807, 2.05) is 49.8 Å². The molecule has 5 aromatic rings. The van der Waals surface area contributed by atoms with Crippen molar-refractivity contribution in [2.24, 2.45) is 0 Å². The lowest BCUT2D eigenvalue weighted by molar-refractivity contribution is 0.467. The zero-order valence-electron chi connectivity index (χ0n) is 16.8. The van der Waals surface area contributed by atoms with E-state index in [1.165, 1.54) is 0 Å². The van der Waals surface area contributed by atoms with Crippen LogP contribution in [0.3, 0.4) is 0 Å². The number of hydrogen-bond donors (Lipinski definition) is 4. The number of rotatable bonds is 6. The van der Waals surface area contributed by atoms with Crippen LogP contribution >= 0.6 is 11.6 Å². The van der Waals surface area contributed by atoms with Gasteiger partial charge in [-0.15, -0.1) is 0 Å². The Labute approximate surface area is 179 Å². The van der Waals surface area contributed by atoms with Gasteiger partial charge < -0.3 is 20.4 Å². The summed E-state index contributed by atoms with van der Waals surface area (Å²) < 4.78 is 0. The molecule has 30 heavy (non-hydrogen) atoms. The van der Waals surface area contributed by atoms with Crippen LogP contribution < -0.4 is 5.32 Å². The minimum atomic E-state index is 0.367. The van der Waals surface area contributed by atoms with Crippen molar-refractivity contribution >= 4 is 44.2 Å². The molecule has 0 amide bonds. The lowest BCUT2D eigenvalue weighted by Crippen LogP contribution is -2.07. The number of nitrogens with one attached hydrogen (secondary N) is 3. The number of aryl methyl sites for hydroxylation is 1. The maximum atomic E-state index is 10.7. The summed E-state index contributed by atoms with van der Waals surface area (Å²) in [6, 6.07) is 14.1. The fraction of sp³-hybridized carbons (Fsp3) is 0.200. The highest BCUT2D eigenvalue weighted by Crippen LogP contribution is 2.41. The molecule has 5 rings (SSSR count). The second-order valence-electron chi connectivity index (χ2n) is 7.82. The van der Waals surface area contributed by atoms with Gasteiger partial charge in [0, 0.05) is 55.6 Å². The summed E-state index contributed by atoms with van der Waals surface area (Å²) >= 11 is 6.51. The SMILES string of the molecule is CNCCCCc1cc2[nH]c3cc(-c4ccccc4Cl)c4c[nH]cc4c3c2cc1O. The smallest absolute Gasteiger partial charge is 0.119 e. The van der Waals surface area contributed by atoms with Crippen molar-refractivity contribution in [1.29, 1.82) is 0 Å². The molecule has 0 bridgehead atoms. The molecule has 0 aliphatic carbocycles. The number of aromatic nitrogens is 2. The number of phenolic OH excluding ortho intramolecular Hbond substituents is 1. The first-order valence-electron chi connectivity index (χ1n) is 10.3.